The van der Waals surface area contributed by atoms with E-state index in [1.54, 1.807) is 18.7 Å². The van der Waals surface area contributed by atoms with Crippen LogP contribution in [0, 0.1) is 13.8 Å². The van der Waals surface area contributed by atoms with E-state index in [-0.39, 0.29) is 12.6 Å². The topological polar surface area (TPSA) is 61.4 Å². The maximum atomic E-state index is 11.7. The zero-order valence-electron chi connectivity index (χ0n) is 11.9. The van der Waals surface area contributed by atoms with E-state index < -0.39 is 5.60 Å². The van der Waals surface area contributed by atoms with Gasteiger partial charge >= 0.3 is 6.03 Å². The van der Waals surface area contributed by atoms with Gasteiger partial charge in [0.25, 0.3) is 0 Å². The molecular formula is C14H22N2O2S. The summed E-state index contributed by atoms with van der Waals surface area (Å²) in [6, 6.07) is 5.45. The predicted octanol–water partition coefficient (Wildman–Crippen LogP) is 2.54. The van der Waals surface area contributed by atoms with Crippen LogP contribution in [0.4, 0.5) is 10.5 Å². The van der Waals surface area contributed by atoms with Gasteiger partial charge in [0.05, 0.1) is 5.60 Å². The number of hydrogen-bond acceptors (Lipinski definition) is 3. The highest BCUT2D eigenvalue weighted by molar-refractivity contribution is 7.98. The summed E-state index contributed by atoms with van der Waals surface area (Å²) < 4.78 is 0. The van der Waals surface area contributed by atoms with Crippen LogP contribution in [-0.2, 0) is 0 Å². The van der Waals surface area contributed by atoms with Crippen molar-refractivity contribution in [2.24, 2.45) is 0 Å². The van der Waals surface area contributed by atoms with E-state index in [1.165, 1.54) is 5.56 Å². The minimum absolute atomic E-state index is 0.227. The van der Waals surface area contributed by atoms with Crippen LogP contribution in [0.25, 0.3) is 0 Å². The van der Waals surface area contributed by atoms with Crippen LogP contribution in [0.3, 0.4) is 0 Å². The summed E-state index contributed by atoms with van der Waals surface area (Å²) >= 11 is 1.55. The Morgan fingerprint density at radius 1 is 1.37 bits per heavy atom. The van der Waals surface area contributed by atoms with Crippen LogP contribution in [0.5, 0.6) is 0 Å². The molecule has 0 aliphatic rings. The standard InChI is InChI=1S/C14H22N2O2S/c1-10-5-6-12(7-11(10)2)16-13(17)15-8-14(3,18)9-19-4/h5-7,18H,8-9H2,1-4H3,(H2,15,16,17). The van der Waals surface area contributed by atoms with E-state index in [0.29, 0.717) is 5.75 Å². The molecule has 3 N–H and O–H groups in total. The molecule has 0 fully saturated rings. The fraction of sp³-hybridized carbons (Fsp3) is 0.500. The lowest BCUT2D eigenvalue weighted by Gasteiger charge is -2.22. The van der Waals surface area contributed by atoms with Crippen molar-refractivity contribution < 1.29 is 9.90 Å². The molecule has 4 nitrogen and oxygen atoms in total. The van der Waals surface area contributed by atoms with Gasteiger partial charge in [0.2, 0.25) is 0 Å². The first-order chi connectivity index (χ1) is 8.84. The van der Waals surface area contributed by atoms with Crippen molar-refractivity contribution in [2.45, 2.75) is 26.4 Å². The van der Waals surface area contributed by atoms with Crippen LogP contribution >= 0.6 is 11.8 Å². The van der Waals surface area contributed by atoms with Crippen molar-refractivity contribution in [1.29, 1.82) is 0 Å². The summed E-state index contributed by atoms with van der Waals surface area (Å²) in [5, 5.41) is 15.4. The second kappa shape index (κ2) is 6.82. The minimum atomic E-state index is -0.889. The fourth-order valence-corrected chi connectivity index (χ4v) is 2.35. The lowest BCUT2D eigenvalue weighted by Crippen LogP contribution is -2.43. The molecule has 2 amide bonds. The van der Waals surface area contributed by atoms with Crippen molar-refractivity contribution in [3.8, 4) is 0 Å². The van der Waals surface area contributed by atoms with Crippen molar-refractivity contribution in [3.63, 3.8) is 0 Å². The first-order valence-corrected chi connectivity index (χ1v) is 7.57. The lowest BCUT2D eigenvalue weighted by atomic mass is 10.1. The molecule has 0 aliphatic heterocycles. The Balaban J connectivity index is 2.49. The van der Waals surface area contributed by atoms with Crippen LogP contribution < -0.4 is 10.6 Å². The lowest BCUT2D eigenvalue weighted by molar-refractivity contribution is 0.0876. The number of rotatable bonds is 5. The molecule has 0 aromatic heterocycles. The largest absolute Gasteiger partial charge is 0.387 e. The van der Waals surface area contributed by atoms with Crippen molar-refractivity contribution in [2.75, 3.05) is 23.9 Å². The van der Waals surface area contributed by atoms with Gasteiger partial charge in [-0.15, -0.1) is 0 Å². The van der Waals surface area contributed by atoms with E-state index in [9.17, 15) is 9.90 Å². The number of urea groups is 1. The smallest absolute Gasteiger partial charge is 0.319 e. The Labute approximate surface area is 119 Å². The molecule has 0 bridgehead atoms. The molecule has 0 saturated heterocycles. The van der Waals surface area contributed by atoms with Gasteiger partial charge in [-0.2, -0.15) is 11.8 Å². The summed E-state index contributed by atoms with van der Waals surface area (Å²) in [4.78, 5) is 11.7. The molecule has 1 aromatic rings. The van der Waals surface area contributed by atoms with Crippen molar-refractivity contribution in [1.82, 2.24) is 5.32 Å². The van der Waals surface area contributed by atoms with E-state index >= 15 is 0 Å². The van der Waals surface area contributed by atoms with E-state index in [0.717, 1.165) is 11.3 Å². The van der Waals surface area contributed by atoms with Gasteiger partial charge in [-0.1, -0.05) is 6.07 Å². The molecule has 1 atom stereocenters. The second-order valence-electron chi connectivity index (χ2n) is 5.04. The SMILES string of the molecule is CSCC(C)(O)CNC(=O)Nc1ccc(C)c(C)c1. The van der Waals surface area contributed by atoms with E-state index in [4.69, 9.17) is 0 Å². The first-order valence-electron chi connectivity index (χ1n) is 6.17. The van der Waals surface area contributed by atoms with Crippen LogP contribution in [0.15, 0.2) is 18.2 Å². The number of thioether (sulfide) groups is 1. The molecule has 1 rings (SSSR count). The third-order valence-electron chi connectivity index (χ3n) is 2.85. The van der Waals surface area contributed by atoms with Crippen LogP contribution in [-0.4, -0.2) is 35.3 Å². The number of carbonyl (C=O) groups excluding carboxylic acids is 1. The first kappa shape index (κ1) is 15.9. The number of amides is 2. The van der Waals surface area contributed by atoms with Gasteiger partial charge in [0, 0.05) is 18.0 Å². The highest BCUT2D eigenvalue weighted by atomic mass is 32.2. The van der Waals surface area contributed by atoms with E-state index in [2.05, 4.69) is 10.6 Å². The van der Waals surface area contributed by atoms with Crippen LogP contribution in [0.1, 0.15) is 18.1 Å². The number of aliphatic hydroxyl groups is 1. The number of aryl methyl sites for hydroxylation is 2. The van der Waals surface area contributed by atoms with Gasteiger partial charge in [-0.3, -0.25) is 0 Å². The highest BCUT2D eigenvalue weighted by Crippen LogP contribution is 2.14. The Kier molecular flexibility index (Phi) is 5.69. The predicted molar refractivity (Wildman–Crippen MR) is 81.9 cm³/mol. The summed E-state index contributed by atoms with van der Waals surface area (Å²) in [6.07, 6.45) is 1.92. The zero-order valence-corrected chi connectivity index (χ0v) is 12.7. The normalized spacial score (nSPS) is 13.7. The summed E-state index contributed by atoms with van der Waals surface area (Å²) in [7, 11) is 0. The molecule has 0 spiro atoms. The Bertz CT molecular complexity index is 447. The fourth-order valence-electron chi connectivity index (χ4n) is 1.63. The van der Waals surface area contributed by atoms with E-state index in [1.807, 2.05) is 38.3 Å². The number of nitrogens with one attached hydrogen (secondary N) is 2. The number of hydrogen-bond donors (Lipinski definition) is 3. The minimum Gasteiger partial charge on any atom is -0.387 e. The summed E-state index contributed by atoms with van der Waals surface area (Å²) in [5.41, 5.74) is 2.19. The number of carbonyl (C=O) groups is 1. The average molecular weight is 282 g/mol. The number of benzene rings is 1. The van der Waals surface area contributed by atoms with Crippen LogP contribution in [0.2, 0.25) is 0 Å². The second-order valence-corrected chi connectivity index (χ2v) is 5.90. The zero-order chi connectivity index (χ0) is 14.5. The molecule has 0 radical (unpaired) electrons. The third kappa shape index (κ3) is 5.53. The molecular weight excluding hydrogens is 260 g/mol. The molecule has 5 heteroatoms. The molecule has 19 heavy (non-hydrogen) atoms. The number of anilines is 1. The third-order valence-corrected chi connectivity index (χ3v) is 3.76. The maximum absolute atomic E-state index is 11.7. The molecule has 1 unspecified atom stereocenters. The monoisotopic (exact) mass is 282 g/mol. The molecule has 0 heterocycles. The summed E-state index contributed by atoms with van der Waals surface area (Å²) in [6.45, 7) is 5.96. The van der Waals surface area contributed by atoms with Gasteiger partial charge in [0.1, 0.15) is 0 Å². The average Bonchev–Trinajstić information content (AvgIpc) is 2.32. The van der Waals surface area contributed by atoms with Gasteiger partial charge < -0.3 is 15.7 Å². The molecule has 0 aliphatic carbocycles. The van der Waals surface area contributed by atoms with Crippen molar-refractivity contribution >= 4 is 23.5 Å². The molecule has 1 aromatic carbocycles. The quantitative estimate of drug-likeness (QED) is 0.778. The maximum Gasteiger partial charge on any atom is 0.319 e. The highest BCUT2D eigenvalue weighted by Gasteiger charge is 2.20. The van der Waals surface area contributed by atoms with Gasteiger partial charge in [-0.25, -0.2) is 4.79 Å². The Morgan fingerprint density at radius 3 is 2.63 bits per heavy atom. The van der Waals surface area contributed by atoms with Gasteiger partial charge in [-0.05, 0) is 50.3 Å². The van der Waals surface area contributed by atoms with Crippen molar-refractivity contribution in [3.05, 3.63) is 29.3 Å². The van der Waals surface area contributed by atoms with Gasteiger partial charge in [0.15, 0.2) is 0 Å². The Hall–Kier alpha value is -1.20. The molecule has 106 valence electrons. The summed E-state index contributed by atoms with van der Waals surface area (Å²) in [5.74, 6) is 0.580. The molecule has 0 saturated carbocycles. The Morgan fingerprint density at radius 2 is 2.05 bits per heavy atom.